The van der Waals surface area contributed by atoms with E-state index >= 15 is 0 Å². The number of nitrogens with zero attached hydrogens (tertiary/aromatic N) is 1. The fourth-order valence-electron chi connectivity index (χ4n) is 3.18. The lowest BCUT2D eigenvalue weighted by Gasteiger charge is -2.25. The molecule has 8 heteroatoms. The molecule has 4 rings (SSSR count). The van der Waals surface area contributed by atoms with Gasteiger partial charge in [-0.1, -0.05) is 18.2 Å². The number of sulfonamides is 1. The second-order valence-electron chi connectivity index (χ2n) is 6.49. The van der Waals surface area contributed by atoms with Gasteiger partial charge >= 0.3 is 0 Å². The van der Waals surface area contributed by atoms with Crippen LogP contribution in [0.15, 0.2) is 53.4 Å². The molecule has 0 radical (unpaired) electrons. The largest absolute Gasteiger partial charge is 0.485 e. The normalized spacial score (nSPS) is 19.6. The van der Waals surface area contributed by atoms with Gasteiger partial charge in [0.05, 0.1) is 4.90 Å². The molecule has 1 amide bonds. The molecule has 2 aliphatic heterocycles. The Hall–Kier alpha value is -2.58. The first-order chi connectivity index (χ1) is 13.0. The maximum absolute atomic E-state index is 12.7. The minimum Gasteiger partial charge on any atom is -0.485 e. The maximum Gasteiger partial charge on any atom is 0.269 e. The fraction of sp³-hybridized carbons (Fsp3) is 0.316. The summed E-state index contributed by atoms with van der Waals surface area (Å²) in [6.07, 6.45) is 0.936. The zero-order valence-corrected chi connectivity index (χ0v) is 15.4. The zero-order valence-electron chi connectivity index (χ0n) is 14.6. The first-order valence-corrected chi connectivity index (χ1v) is 10.3. The van der Waals surface area contributed by atoms with Gasteiger partial charge in [0.1, 0.15) is 6.61 Å². The molecule has 0 aliphatic carbocycles. The minimum absolute atomic E-state index is 0.0919. The molecule has 2 aliphatic rings. The number of hydrogen-bond donors (Lipinski definition) is 1. The van der Waals surface area contributed by atoms with Crippen molar-refractivity contribution in [2.75, 3.05) is 25.0 Å². The zero-order chi connectivity index (χ0) is 18.9. The van der Waals surface area contributed by atoms with E-state index in [2.05, 4.69) is 5.32 Å². The van der Waals surface area contributed by atoms with E-state index in [0.29, 0.717) is 30.3 Å². The number of carbonyl (C=O) groups excluding carboxylic acids is 1. The molecule has 1 fully saturated rings. The molecule has 0 aromatic heterocycles. The third-order valence-electron chi connectivity index (χ3n) is 4.61. The van der Waals surface area contributed by atoms with E-state index in [1.165, 1.54) is 10.4 Å². The first-order valence-electron chi connectivity index (χ1n) is 8.83. The lowest BCUT2D eigenvalue weighted by Crippen LogP contribution is -2.40. The van der Waals surface area contributed by atoms with Gasteiger partial charge in [0.25, 0.3) is 5.91 Å². The van der Waals surface area contributed by atoms with E-state index in [-0.39, 0.29) is 17.4 Å². The summed E-state index contributed by atoms with van der Waals surface area (Å²) < 4.78 is 38.1. The number of anilines is 1. The van der Waals surface area contributed by atoms with Crippen LogP contribution in [0.3, 0.4) is 0 Å². The Morgan fingerprint density at radius 1 is 1.04 bits per heavy atom. The number of carbonyl (C=O) groups is 1. The second-order valence-corrected chi connectivity index (χ2v) is 8.43. The summed E-state index contributed by atoms with van der Waals surface area (Å²) in [7, 11) is -3.54. The van der Waals surface area contributed by atoms with Gasteiger partial charge < -0.3 is 14.8 Å². The number of hydrogen-bond acceptors (Lipinski definition) is 5. The quantitative estimate of drug-likeness (QED) is 0.868. The van der Waals surface area contributed by atoms with Crippen molar-refractivity contribution in [1.82, 2.24) is 4.31 Å². The van der Waals surface area contributed by atoms with Crippen LogP contribution in [0.2, 0.25) is 0 Å². The molecule has 2 aromatic carbocycles. The smallest absolute Gasteiger partial charge is 0.269 e. The summed E-state index contributed by atoms with van der Waals surface area (Å²) >= 11 is 0. The van der Waals surface area contributed by atoms with Crippen molar-refractivity contribution in [3.63, 3.8) is 0 Å². The van der Waals surface area contributed by atoms with Crippen LogP contribution >= 0.6 is 0 Å². The van der Waals surface area contributed by atoms with Crippen molar-refractivity contribution in [2.45, 2.75) is 23.8 Å². The number of ether oxygens (including phenoxy) is 2. The Balaban J connectivity index is 1.48. The van der Waals surface area contributed by atoms with Gasteiger partial charge in [-0.2, -0.15) is 4.31 Å². The molecule has 1 N–H and O–H groups in total. The van der Waals surface area contributed by atoms with Crippen LogP contribution in [0, 0.1) is 0 Å². The van der Waals surface area contributed by atoms with Crippen LogP contribution in [0.25, 0.3) is 0 Å². The highest BCUT2D eigenvalue weighted by Crippen LogP contribution is 2.31. The van der Waals surface area contributed by atoms with Crippen LogP contribution in [0.4, 0.5) is 5.69 Å². The highest BCUT2D eigenvalue weighted by Gasteiger charge is 2.29. The van der Waals surface area contributed by atoms with Crippen molar-refractivity contribution in [2.24, 2.45) is 0 Å². The van der Waals surface area contributed by atoms with Gasteiger partial charge in [0.2, 0.25) is 16.1 Å². The van der Waals surface area contributed by atoms with Gasteiger partial charge in [-0.3, -0.25) is 4.79 Å². The van der Waals surface area contributed by atoms with E-state index in [4.69, 9.17) is 9.47 Å². The van der Waals surface area contributed by atoms with Crippen molar-refractivity contribution >= 4 is 21.6 Å². The van der Waals surface area contributed by atoms with E-state index < -0.39 is 16.1 Å². The van der Waals surface area contributed by atoms with Gasteiger partial charge in [-0.05, 0) is 43.2 Å². The summed E-state index contributed by atoms with van der Waals surface area (Å²) in [6, 6.07) is 13.4. The topological polar surface area (TPSA) is 84.9 Å². The molecular formula is C19H20N2O5S. The molecule has 2 aromatic rings. The van der Waals surface area contributed by atoms with Crippen LogP contribution in [-0.2, 0) is 14.8 Å². The highest BCUT2D eigenvalue weighted by molar-refractivity contribution is 7.89. The molecule has 2 heterocycles. The van der Waals surface area contributed by atoms with Crippen molar-refractivity contribution in [1.29, 1.82) is 0 Å². The fourth-order valence-corrected chi connectivity index (χ4v) is 4.75. The standard InChI is InChI=1S/C19H20N2O5S/c22-19(18-13-25-16-8-1-2-9-17(16)26-18)20-14-6-5-7-15(12-14)27(23,24)21-10-3-4-11-21/h1-2,5-9,12,18H,3-4,10-11,13H2,(H,20,22)/t18-/m1/s1. The number of para-hydroxylation sites is 2. The number of rotatable bonds is 4. The Morgan fingerprint density at radius 2 is 1.78 bits per heavy atom. The Bertz CT molecular complexity index is 954. The highest BCUT2D eigenvalue weighted by atomic mass is 32.2. The number of fused-ring (bicyclic) bond motifs is 1. The average molecular weight is 388 g/mol. The molecule has 1 atom stereocenters. The van der Waals surface area contributed by atoms with E-state index in [9.17, 15) is 13.2 Å². The molecule has 7 nitrogen and oxygen atoms in total. The summed E-state index contributed by atoms with van der Waals surface area (Å²) in [5.74, 6) is 0.717. The lowest BCUT2D eigenvalue weighted by molar-refractivity contribution is -0.125. The molecule has 142 valence electrons. The lowest BCUT2D eigenvalue weighted by atomic mass is 10.2. The third kappa shape index (κ3) is 3.63. The van der Waals surface area contributed by atoms with Crippen molar-refractivity contribution in [3.05, 3.63) is 48.5 Å². The molecule has 1 saturated heterocycles. The minimum atomic E-state index is -3.54. The summed E-state index contributed by atoms with van der Waals surface area (Å²) in [4.78, 5) is 12.7. The molecule has 0 unspecified atom stereocenters. The number of benzene rings is 2. The summed E-state index contributed by atoms with van der Waals surface area (Å²) in [5.41, 5.74) is 0.405. The molecule has 27 heavy (non-hydrogen) atoms. The van der Waals surface area contributed by atoms with Gasteiger partial charge in [0.15, 0.2) is 11.5 Å². The van der Waals surface area contributed by atoms with Crippen LogP contribution in [-0.4, -0.2) is 44.4 Å². The molecule has 0 bridgehead atoms. The summed E-state index contributed by atoms with van der Waals surface area (Å²) in [6.45, 7) is 1.16. The van der Waals surface area contributed by atoms with E-state index in [0.717, 1.165) is 12.8 Å². The van der Waals surface area contributed by atoms with E-state index in [1.54, 1.807) is 36.4 Å². The molecular weight excluding hydrogens is 368 g/mol. The van der Waals surface area contributed by atoms with E-state index in [1.807, 2.05) is 6.07 Å². The van der Waals surface area contributed by atoms with Gasteiger partial charge in [0, 0.05) is 18.8 Å². The Morgan fingerprint density at radius 3 is 2.56 bits per heavy atom. The molecule has 0 saturated carbocycles. The van der Waals surface area contributed by atoms with Gasteiger partial charge in [-0.25, -0.2) is 8.42 Å². The SMILES string of the molecule is O=C(Nc1cccc(S(=O)(=O)N2CCCC2)c1)[C@H]1COc2ccccc2O1. The van der Waals surface area contributed by atoms with Crippen molar-refractivity contribution in [3.8, 4) is 11.5 Å². The number of nitrogens with one attached hydrogen (secondary N) is 1. The van der Waals surface area contributed by atoms with Crippen molar-refractivity contribution < 1.29 is 22.7 Å². The Labute approximate surface area is 157 Å². The predicted molar refractivity (Wildman–Crippen MR) is 99.4 cm³/mol. The Kier molecular flexibility index (Phi) is 4.75. The van der Waals surface area contributed by atoms with Crippen LogP contribution < -0.4 is 14.8 Å². The molecule has 0 spiro atoms. The number of amides is 1. The third-order valence-corrected chi connectivity index (χ3v) is 6.50. The summed E-state index contributed by atoms with van der Waals surface area (Å²) in [5, 5.41) is 2.72. The average Bonchev–Trinajstić information content (AvgIpc) is 3.23. The van der Waals surface area contributed by atoms with Gasteiger partial charge in [-0.15, -0.1) is 0 Å². The maximum atomic E-state index is 12.7. The first kappa shape index (κ1) is 17.8. The second kappa shape index (κ2) is 7.21. The van der Waals surface area contributed by atoms with Crippen LogP contribution in [0.5, 0.6) is 11.5 Å². The van der Waals surface area contributed by atoms with Crippen LogP contribution in [0.1, 0.15) is 12.8 Å². The predicted octanol–water partition coefficient (Wildman–Crippen LogP) is 2.25. The monoisotopic (exact) mass is 388 g/mol.